The Hall–Kier alpha value is -3.57. The average molecular weight is 616 g/mol. The fourth-order valence-electron chi connectivity index (χ4n) is 7.04. The van der Waals surface area contributed by atoms with Gasteiger partial charge in [0.2, 0.25) is 0 Å². The molecule has 1 saturated heterocycles. The SMILES string of the molecule is Cc1c(-c2cnc3[nH]cc(C(C)c4c(OC(F)F)ccc(F)c4Cl)c3c2)cnn1C1CCC(N2CCCC2C(=O)O)CC1. The maximum atomic E-state index is 14.4. The first-order valence-corrected chi connectivity index (χ1v) is 14.9. The summed E-state index contributed by atoms with van der Waals surface area (Å²) in [5.41, 5.74) is 4.21. The lowest BCUT2D eigenvalue weighted by atomic mass is 9.89. The van der Waals surface area contributed by atoms with Crippen molar-refractivity contribution in [2.75, 3.05) is 6.54 Å². The molecule has 4 aromatic rings. The number of carboxylic acids is 1. The number of carboxylic acid groups (broad SMARTS) is 1. The maximum absolute atomic E-state index is 14.4. The van der Waals surface area contributed by atoms with Gasteiger partial charge < -0.3 is 14.8 Å². The van der Waals surface area contributed by atoms with Crippen LogP contribution in [0.4, 0.5) is 13.2 Å². The average Bonchev–Trinajstić information content (AvgIpc) is 3.73. The van der Waals surface area contributed by atoms with E-state index in [-0.39, 0.29) is 34.5 Å². The maximum Gasteiger partial charge on any atom is 0.387 e. The van der Waals surface area contributed by atoms with Crippen molar-refractivity contribution in [3.05, 3.63) is 64.5 Å². The number of hydrogen-bond donors (Lipinski definition) is 2. The van der Waals surface area contributed by atoms with Crippen LogP contribution >= 0.6 is 11.6 Å². The largest absolute Gasteiger partial charge is 0.480 e. The van der Waals surface area contributed by atoms with Crippen molar-refractivity contribution in [2.45, 2.75) is 83.0 Å². The number of alkyl halides is 2. The standard InChI is InChI=1S/C31H33ClF3N5O3/c1-16(27-26(43-31(34)35)10-9-24(33)28(27)32)22-14-37-29-21(22)12-18(13-36-29)23-15-38-40(17(23)2)20-7-5-19(6-8-20)39-11-3-4-25(39)30(41)42/h9-10,12-16,19-20,25,31H,3-8,11H2,1-2H3,(H,36,37)(H,41,42). The van der Waals surface area contributed by atoms with Crippen molar-refractivity contribution in [2.24, 2.45) is 0 Å². The van der Waals surface area contributed by atoms with E-state index < -0.39 is 24.3 Å². The van der Waals surface area contributed by atoms with Crippen molar-refractivity contribution < 1.29 is 27.8 Å². The zero-order valence-corrected chi connectivity index (χ0v) is 24.6. The minimum absolute atomic E-state index is 0.136. The number of aliphatic carboxylic acids is 1. The van der Waals surface area contributed by atoms with Crippen LogP contribution in [-0.2, 0) is 4.79 Å². The molecule has 1 aliphatic carbocycles. The summed E-state index contributed by atoms with van der Waals surface area (Å²) in [5.74, 6) is -2.21. The number of nitrogens with zero attached hydrogens (tertiary/aromatic N) is 4. The lowest BCUT2D eigenvalue weighted by Crippen LogP contribution is -2.45. The van der Waals surface area contributed by atoms with Crippen molar-refractivity contribution in [1.82, 2.24) is 24.6 Å². The monoisotopic (exact) mass is 615 g/mol. The van der Waals surface area contributed by atoms with Gasteiger partial charge in [-0.2, -0.15) is 13.9 Å². The molecule has 3 aromatic heterocycles. The highest BCUT2D eigenvalue weighted by Gasteiger charge is 2.37. The molecule has 43 heavy (non-hydrogen) atoms. The Morgan fingerprint density at radius 1 is 1.16 bits per heavy atom. The predicted octanol–water partition coefficient (Wildman–Crippen LogP) is 7.31. The van der Waals surface area contributed by atoms with E-state index in [9.17, 15) is 23.1 Å². The molecule has 1 saturated carbocycles. The number of halogens is 4. The molecular weight excluding hydrogens is 583 g/mol. The van der Waals surface area contributed by atoms with Crippen LogP contribution in [0.25, 0.3) is 22.2 Å². The fraction of sp³-hybridized carbons (Fsp3) is 0.452. The number of likely N-dealkylation sites (tertiary alicyclic amines) is 1. The molecule has 1 aliphatic heterocycles. The number of hydrogen-bond acceptors (Lipinski definition) is 5. The third-order valence-electron chi connectivity index (χ3n) is 9.19. The second-order valence-electron chi connectivity index (χ2n) is 11.5. The number of aromatic nitrogens is 4. The van der Waals surface area contributed by atoms with Gasteiger partial charge in [-0.15, -0.1) is 0 Å². The molecule has 6 rings (SSSR count). The lowest BCUT2D eigenvalue weighted by Gasteiger charge is -2.37. The van der Waals surface area contributed by atoms with Crippen molar-refractivity contribution in [3.8, 4) is 16.9 Å². The number of H-pyrrole nitrogens is 1. The zero-order valence-electron chi connectivity index (χ0n) is 23.9. The van der Waals surface area contributed by atoms with Crippen LogP contribution in [0.15, 0.2) is 36.8 Å². The van der Waals surface area contributed by atoms with Crippen LogP contribution in [0.1, 0.15) is 74.2 Å². The van der Waals surface area contributed by atoms with E-state index >= 15 is 0 Å². The van der Waals surface area contributed by atoms with Gasteiger partial charge in [-0.3, -0.25) is 14.4 Å². The Balaban J connectivity index is 1.25. The highest BCUT2D eigenvalue weighted by molar-refractivity contribution is 6.31. The number of aromatic amines is 1. The Labute approximate surface area is 251 Å². The lowest BCUT2D eigenvalue weighted by molar-refractivity contribution is -0.143. The summed E-state index contributed by atoms with van der Waals surface area (Å²) in [5, 5.41) is 14.8. The molecule has 2 atom stereocenters. The van der Waals surface area contributed by atoms with Gasteiger partial charge >= 0.3 is 12.6 Å². The minimum atomic E-state index is -3.08. The molecule has 2 fully saturated rings. The van der Waals surface area contributed by atoms with Crippen LogP contribution < -0.4 is 4.74 Å². The van der Waals surface area contributed by atoms with E-state index in [0.29, 0.717) is 11.2 Å². The van der Waals surface area contributed by atoms with Gasteiger partial charge in [-0.05, 0) is 75.8 Å². The molecule has 2 unspecified atom stereocenters. The van der Waals surface area contributed by atoms with E-state index in [1.165, 1.54) is 6.07 Å². The number of fused-ring (bicyclic) bond motifs is 1. The van der Waals surface area contributed by atoms with Gasteiger partial charge in [0, 0.05) is 52.1 Å². The molecule has 4 heterocycles. The molecule has 8 nitrogen and oxygen atoms in total. The molecule has 2 aliphatic rings. The van der Waals surface area contributed by atoms with Crippen LogP contribution in [0.5, 0.6) is 5.75 Å². The highest BCUT2D eigenvalue weighted by Crippen LogP contribution is 2.42. The van der Waals surface area contributed by atoms with Crippen LogP contribution in [0.2, 0.25) is 5.02 Å². The van der Waals surface area contributed by atoms with Crippen molar-refractivity contribution in [1.29, 1.82) is 0 Å². The Bertz CT molecular complexity index is 1650. The van der Waals surface area contributed by atoms with Gasteiger partial charge in [0.15, 0.2) is 0 Å². The van der Waals surface area contributed by atoms with E-state index in [4.69, 9.17) is 16.7 Å². The second-order valence-corrected chi connectivity index (χ2v) is 11.9. The van der Waals surface area contributed by atoms with Gasteiger partial charge in [-0.25, -0.2) is 9.37 Å². The van der Waals surface area contributed by atoms with E-state index in [0.717, 1.165) is 73.3 Å². The summed E-state index contributed by atoms with van der Waals surface area (Å²) < 4.78 is 47.4. The topological polar surface area (TPSA) is 96.3 Å². The van der Waals surface area contributed by atoms with Crippen LogP contribution in [-0.4, -0.2) is 61.0 Å². The number of pyridine rings is 1. The van der Waals surface area contributed by atoms with Crippen LogP contribution in [0.3, 0.4) is 0 Å². The first-order chi connectivity index (χ1) is 20.6. The molecule has 1 aromatic carbocycles. The Morgan fingerprint density at radius 2 is 1.91 bits per heavy atom. The summed E-state index contributed by atoms with van der Waals surface area (Å²) in [4.78, 5) is 21.6. The molecule has 0 bridgehead atoms. The van der Waals surface area contributed by atoms with Crippen molar-refractivity contribution in [3.63, 3.8) is 0 Å². The second kappa shape index (κ2) is 11.8. The zero-order chi connectivity index (χ0) is 30.4. The minimum Gasteiger partial charge on any atom is -0.480 e. The Morgan fingerprint density at radius 3 is 2.63 bits per heavy atom. The molecule has 12 heteroatoms. The molecule has 2 N–H and O–H groups in total. The summed E-state index contributed by atoms with van der Waals surface area (Å²) in [6, 6.07) is 4.28. The van der Waals surface area contributed by atoms with E-state index in [1.54, 1.807) is 19.3 Å². The number of benzene rings is 1. The van der Waals surface area contributed by atoms with Crippen molar-refractivity contribution >= 4 is 28.6 Å². The molecule has 0 amide bonds. The number of ether oxygens (including phenoxy) is 1. The molecule has 0 spiro atoms. The summed E-state index contributed by atoms with van der Waals surface area (Å²) in [6.07, 6.45) is 10.7. The van der Waals surface area contributed by atoms with Gasteiger partial charge in [0.1, 0.15) is 23.3 Å². The van der Waals surface area contributed by atoms with Gasteiger partial charge in [-0.1, -0.05) is 18.5 Å². The third kappa shape index (κ3) is 5.48. The number of nitrogens with one attached hydrogen (secondary N) is 1. The fourth-order valence-corrected chi connectivity index (χ4v) is 7.36. The Kier molecular flexibility index (Phi) is 8.12. The quantitative estimate of drug-likeness (QED) is 0.216. The third-order valence-corrected chi connectivity index (χ3v) is 9.57. The van der Waals surface area contributed by atoms with Crippen LogP contribution in [0, 0.1) is 12.7 Å². The normalized spacial score (nSPS) is 22.0. The molecule has 228 valence electrons. The van der Waals surface area contributed by atoms with E-state index in [2.05, 4.69) is 24.3 Å². The summed E-state index contributed by atoms with van der Waals surface area (Å²) >= 11 is 6.27. The van der Waals surface area contributed by atoms with E-state index in [1.807, 2.05) is 19.2 Å². The van der Waals surface area contributed by atoms with Gasteiger partial charge in [0.25, 0.3) is 0 Å². The predicted molar refractivity (Wildman–Crippen MR) is 156 cm³/mol. The number of carbonyl (C=O) groups is 1. The number of rotatable bonds is 8. The molecule has 0 radical (unpaired) electrons. The van der Waals surface area contributed by atoms with Gasteiger partial charge in [0.05, 0.1) is 17.3 Å². The highest BCUT2D eigenvalue weighted by atomic mass is 35.5. The molecular formula is C31H33ClF3N5O3. The smallest absolute Gasteiger partial charge is 0.387 e. The first-order valence-electron chi connectivity index (χ1n) is 14.6. The first kappa shape index (κ1) is 29.5. The summed E-state index contributed by atoms with van der Waals surface area (Å²) in [6.45, 7) is 1.55. The summed E-state index contributed by atoms with van der Waals surface area (Å²) in [7, 11) is 0.